The number of hydrogen-bond acceptors (Lipinski definition) is 2. The molecule has 0 saturated carbocycles. The molecule has 0 atom stereocenters. The Morgan fingerprint density at radius 3 is 3.00 bits per heavy atom. The summed E-state index contributed by atoms with van der Waals surface area (Å²) in [6.07, 6.45) is 4.23. The van der Waals surface area contributed by atoms with Crippen molar-refractivity contribution in [2.75, 3.05) is 5.32 Å². The Bertz CT molecular complexity index is 280. The number of carbonyl (C=O) groups is 1. The number of unbranched alkanes of at least 4 members (excludes halogenated alkanes) is 1. The number of aromatic nitrogens is 2. The molecule has 0 aliphatic rings. The van der Waals surface area contributed by atoms with Gasteiger partial charge in [0.15, 0.2) is 0 Å². The lowest BCUT2D eigenvalue weighted by Gasteiger charge is -2.01. The van der Waals surface area contributed by atoms with Gasteiger partial charge in [-0.3, -0.25) is 9.89 Å². The van der Waals surface area contributed by atoms with E-state index in [9.17, 15) is 4.79 Å². The molecule has 1 amide bonds. The van der Waals surface area contributed by atoms with Crippen molar-refractivity contribution in [3.63, 3.8) is 0 Å². The number of nitrogens with zero attached hydrogens (tertiary/aromatic N) is 1. The van der Waals surface area contributed by atoms with Gasteiger partial charge in [-0.15, -0.1) is 0 Å². The normalized spacial score (nSPS) is 10.0. The molecule has 0 fully saturated rings. The Morgan fingerprint density at radius 1 is 1.69 bits per heavy atom. The zero-order chi connectivity index (χ0) is 9.68. The molecule has 0 spiro atoms. The summed E-state index contributed by atoms with van der Waals surface area (Å²) in [5, 5.41) is 9.31. The first-order chi connectivity index (χ1) is 6.24. The number of carbonyl (C=O) groups excluding carboxylic acids is 1. The van der Waals surface area contributed by atoms with Crippen LogP contribution in [0.25, 0.3) is 0 Å². The summed E-state index contributed by atoms with van der Waals surface area (Å²) >= 11 is 0. The van der Waals surface area contributed by atoms with E-state index in [1.165, 1.54) is 0 Å². The summed E-state index contributed by atoms with van der Waals surface area (Å²) in [4.78, 5) is 11.3. The van der Waals surface area contributed by atoms with E-state index < -0.39 is 0 Å². The second-order valence-electron chi connectivity index (χ2n) is 3.08. The first-order valence-electron chi connectivity index (χ1n) is 4.54. The largest absolute Gasteiger partial charge is 0.311 e. The van der Waals surface area contributed by atoms with E-state index in [-0.39, 0.29) is 5.91 Å². The van der Waals surface area contributed by atoms with Gasteiger partial charge in [0.05, 0.1) is 6.20 Å². The van der Waals surface area contributed by atoms with Crippen LogP contribution in [0.1, 0.15) is 31.7 Å². The minimum atomic E-state index is 0.0502. The molecule has 0 bridgehead atoms. The van der Waals surface area contributed by atoms with Crippen LogP contribution in [0.4, 0.5) is 5.82 Å². The van der Waals surface area contributed by atoms with Gasteiger partial charge >= 0.3 is 0 Å². The van der Waals surface area contributed by atoms with Crippen LogP contribution >= 0.6 is 0 Å². The molecule has 1 rings (SSSR count). The summed E-state index contributed by atoms with van der Waals surface area (Å²) in [5.74, 6) is 0.760. The average molecular weight is 181 g/mol. The molecule has 0 radical (unpaired) electrons. The van der Waals surface area contributed by atoms with Crippen molar-refractivity contribution in [1.82, 2.24) is 10.2 Å². The van der Waals surface area contributed by atoms with Crippen LogP contribution in [0.2, 0.25) is 0 Å². The minimum Gasteiger partial charge on any atom is -0.311 e. The first kappa shape index (κ1) is 9.77. The molecule has 0 aromatic carbocycles. The fourth-order valence-electron chi connectivity index (χ4n) is 1.01. The van der Waals surface area contributed by atoms with Gasteiger partial charge in [0.25, 0.3) is 0 Å². The van der Waals surface area contributed by atoms with Crippen LogP contribution < -0.4 is 5.32 Å². The van der Waals surface area contributed by atoms with Crippen molar-refractivity contribution < 1.29 is 4.79 Å². The highest BCUT2D eigenvalue weighted by molar-refractivity contribution is 5.90. The van der Waals surface area contributed by atoms with E-state index in [0.717, 1.165) is 18.4 Å². The predicted molar refractivity (Wildman–Crippen MR) is 51.5 cm³/mol. The molecular weight excluding hydrogens is 166 g/mol. The summed E-state index contributed by atoms with van der Waals surface area (Å²) in [5.41, 5.74) is 0.963. The minimum absolute atomic E-state index is 0.0502. The number of aryl methyl sites for hydroxylation is 1. The highest BCUT2D eigenvalue weighted by atomic mass is 16.1. The number of anilines is 1. The maximum Gasteiger partial charge on any atom is 0.225 e. The van der Waals surface area contributed by atoms with Gasteiger partial charge in [-0.05, 0) is 13.3 Å². The summed E-state index contributed by atoms with van der Waals surface area (Å²) in [6.45, 7) is 3.97. The van der Waals surface area contributed by atoms with Crippen molar-refractivity contribution in [3.05, 3.63) is 11.8 Å². The van der Waals surface area contributed by atoms with Crippen molar-refractivity contribution in [2.24, 2.45) is 0 Å². The molecule has 0 unspecified atom stereocenters. The highest BCUT2D eigenvalue weighted by Gasteiger charge is 2.04. The maximum atomic E-state index is 11.3. The van der Waals surface area contributed by atoms with Crippen LogP contribution in [0.3, 0.4) is 0 Å². The monoisotopic (exact) mass is 181 g/mol. The number of rotatable bonds is 4. The third kappa shape index (κ3) is 2.89. The van der Waals surface area contributed by atoms with E-state index in [0.29, 0.717) is 12.2 Å². The van der Waals surface area contributed by atoms with Gasteiger partial charge in [0.2, 0.25) is 5.91 Å². The molecule has 1 heterocycles. The topological polar surface area (TPSA) is 57.8 Å². The van der Waals surface area contributed by atoms with Crippen molar-refractivity contribution in [2.45, 2.75) is 33.1 Å². The molecule has 0 aliphatic heterocycles. The van der Waals surface area contributed by atoms with Gasteiger partial charge in [0.1, 0.15) is 5.82 Å². The number of aromatic amines is 1. The summed E-state index contributed by atoms with van der Waals surface area (Å²) in [6, 6.07) is 0. The Hall–Kier alpha value is -1.32. The van der Waals surface area contributed by atoms with Crippen molar-refractivity contribution in [3.8, 4) is 0 Å². The maximum absolute atomic E-state index is 11.3. The Labute approximate surface area is 77.7 Å². The second kappa shape index (κ2) is 4.64. The number of H-pyrrole nitrogens is 1. The summed E-state index contributed by atoms with van der Waals surface area (Å²) < 4.78 is 0. The molecule has 0 aliphatic carbocycles. The average Bonchev–Trinajstić information content (AvgIpc) is 2.48. The highest BCUT2D eigenvalue weighted by Crippen LogP contribution is 2.09. The second-order valence-corrected chi connectivity index (χ2v) is 3.08. The molecule has 4 heteroatoms. The van der Waals surface area contributed by atoms with Gasteiger partial charge in [0, 0.05) is 12.0 Å². The van der Waals surface area contributed by atoms with Crippen LogP contribution in [-0.4, -0.2) is 16.1 Å². The summed E-state index contributed by atoms with van der Waals surface area (Å²) in [7, 11) is 0. The zero-order valence-corrected chi connectivity index (χ0v) is 8.05. The fraction of sp³-hybridized carbons (Fsp3) is 0.556. The van der Waals surface area contributed by atoms with Gasteiger partial charge in [-0.2, -0.15) is 5.10 Å². The van der Waals surface area contributed by atoms with Crippen LogP contribution in [-0.2, 0) is 4.79 Å². The van der Waals surface area contributed by atoms with E-state index in [1.807, 2.05) is 6.92 Å². The Morgan fingerprint density at radius 2 is 2.46 bits per heavy atom. The number of amides is 1. The molecule has 72 valence electrons. The molecule has 13 heavy (non-hydrogen) atoms. The fourth-order valence-corrected chi connectivity index (χ4v) is 1.01. The third-order valence-corrected chi connectivity index (χ3v) is 1.85. The van der Waals surface area contributed by atoms with Gasteiger partial charge < -0.3 is 5.32 Å². The Balaban J connectivity index is 2.41. The van der Waals surface area contributed by atoms with E-state index in [4.69, 9.17) is 0 Å². The van der Waals surface area contributed by atoms with Crippen LogP contribution in [0, 0.1) is 6.92 Å². The van der Waals surface area contributed by atoms with Gasteiger partial charge in [-0.1, -0.05) is 13.3 Å². The smallest absolute Gasteiger partial charge is 0.225 e. The van der Waals surface area contributed by atoms with E-state index >= 15 is 0 Å². The SMILES string of the molecule is CCCCC(=O)Nc1[nH]ncc1C. The van der Waals surface area contributed by atoms with E-state index in [2.05, 4.69) is 22.4 Å². The third-order valence-electron chi connectivity index (χ3n) is 1.85. The van der Waals surface area contributed by atoms with Gasteiger partial charge in [-0.25, -0.2) is 0 Å². The first-order valence-corrected chi connectivity index (χ1v) is 4.54. The quantitative estimate of drug-likeness (QED) is 0.744. The molecule has 0 saturated heterocycles. The molecule has 2 N–H and O–H groups in total. The van der Waals surface area contributed by atoms with Crippen LogP contribution in [0.5, 0.6) is 0 Å². The van der Waals surface area contributed by atoms with Crippen molar-refractivity contribution >= 4 is 11.7 Å². The lowest BCUT2D eigenvalue weighted by molar-refractivity contribution is -0.116. The lowest BCUT2D eigenvalue weighted by atomic mass is 10.2. The van der Waals surface area contributed by atoms with Crippen LogP contribution in [0.15, 0.2) is 6.20 Å². The molecular formula is C9H15N3O. The zero-order valence-electron chi connectivity index (χ0n) is 8.05. The van der Waals surface area contributed by atoms with Crippen molar-refractivity contribution in [1.29, 1.82) is 0 Å². The molecule has 4 nitrogen and oxygen atoms in total. The number of hydrogen-bond donors (Lipinski definition) is 2. The Kier molecular flexibility index (Phi) is 3.49. The standard InChI is InChI=1S/C9H15N3O/c1-3-4-5-8(13)11-9-7(2)6-10-12-9/h6H,3-5H2,1-2H3,(H2,10,11,12,13). The predicted octanol–water partition coefficient (Wildman–Crippen LogP) is 1.85. The molecule has 1 aromatic rings. The number of nitrogens with one attached hydrogen (secondary N) is 2. The molecule has 1 aromatic heterocycles. The van der Waals surface area contributed by atoms with E-state index in [1.54, 1.807) is 6.20 Å². The lowest BCUT2D eigenvalue weighted by Crippen LogP contribution is -2.11.